The van der Waals surface area contributed by atoms with Crippen LogP contribution in [0.25, 0.3) is 0 Å². The molecule has 1 atom stereocenters. The fourth-order valence-electron chi connectivity index (χ4n) is 3.36. The Labute approximate surface area is 116 Å². The first-order chi connectivity index (χ1) is 9.22. The van der Waals surface area contributed by atoms with Gasteiger partial charge in [-0.1, -0.05) is 26.2 Å². The van der Waals surface area contributed by atoms with Crippen LogP contribution in [0.3, 0.4) is 0 Å². The summed E-state index contributed by atoms with van der Waals surface area (Å²) < 4.78 is 2.35. The molecule has 3 heteroatoms. The Morgan fingerprint density at radius 2 is 2.00 bits per heavy atom. The van der Waals surface area contributed by atoms with Gasteiger partial charge in [-0.15, -0.1) is 0 Å². The lowest BCUT2D eigenvalue weighted by molar-refractivity contribution is 0.425. The van der Waals surface area contributed by atoms with Crippen LogP contribution in [0.15, 0.2) is 6.20 Å². The van der Waals surface area contributed by atoms with Crippen molar-refractivity contribution in [1.82, 2.24) is 9.55 Å². The monoisotopic (exact) mass is 261 g/mol. The lowest BCUT2D eigenvalue weighted by Gasteiger charge is -2.24. The first-order valence-electron chi connectivity index (χ1n) is 8.02. The van der Waals surface area contributed by atoms with Crippen molar-refractivity contribution >= 4 is 5.95 Å². The van der Waals surface area contributed by atoms with Gasteiger partial charge < -0.3 is 9.88 Å². The van der Waals surface area contributed by atoms with Crippen LogP contribution >= 0.6 is 0 Å². The van der Waals surface area contributed by atoms with Crippen LogP contribution in [0.2, 0.25) is 0 Å². The maximum absolute atomic E-state index is 4.69. The van der Waals surface area contributed by atoms with E-state index >= 15 is 0 Å². The third-order valence-electron chi connectivity index (χ3n) is 4.75. The zero-order valence-electron chi connectivity index (χ0n) is 12.4. The minimum atomic E-state index is 0.644. The van der Waals surface area contributed by atoms with E-state index in [2.05, 4.69) is 34.9 Å². The van der Waals surface area contributed by atoms with Gasteiger partial charge in [-0.3, -0.25) is 0 Å². The van der Waals surface area contributed by atoms with Crippen LogP contribution in [-0.4, -0.2) is 15.6 Å². The van der Waals surface area contributed by atoms with E-state index in [0.717, 1.165) is 30.0 Å². The molecule has 1 aromatic heterocycles. The highest BCUT2D eigenvalue weighted by Gasteiger charge is 2.28. The highest BCUT2D eigenvalue weighted by atomic mass is 15.2. The first-order valence-corrected chi connectivity index (χ1v) is 8.02. The van der Waals surface area contributed by atoms with Gasteiger partial charge in [0, 0.05) is 18.8 Å². The molecule has 0 aromatic carbocycles. The number of nitrogens with zero attached hydrogens (tertiary/aromatic N) is 2. The molecule has 0 radical (unpaired) electrons. The largest absolute Gasteiger partial charge is 0.353 e. The van der Waals surface area contributed by atoms with Crippen LogP contribution in [0.1, 0.15) is 57.6 Å². The van der Waals surface area contributed by atoms with Crippen molar-refractivity contribution in [1.29, 1.82) is 0 Å². The Kier molecular flexibility index (Phi) is 3.81. The Hall–Kier alpha value is -0.990. The number of hydrogen-bond acceptors (Lipinski definition) is 2. The molecule has 1 aromatic rings. The van der Waals surface area contributed by atoms with E-state index in [0.29, 0.717) is 6.04 Å². The number of hydrogen-bond donors (Lipinski definition) is 1. The molecule has 2 fully saturated rings. The van der Waals surface area contributed by atoms with Gasteiger partial charge in [0.1, 0.15) is 0 Å². The molecule has 0 bridgehead atoms. The number of nitrogens with one attached hydrogen (secondary N) is 1. The van der Waals surface area contributed by atoms with E-state index in [1.54, 1.807) is 0 Å². The van der Waals surface area contributed by atoms with Crippen molar-refractivity contribution in [2.75, 3.05) is 5.32 Å². The summed E-state index contributed by atoms with van der Waals surface area (Å²) >= 11 is 0. The molecular weight excluding hydrogens is 234 g/mol. The molecule has 2 aliphatic carbocycles. The fourth-order valence-corrected chi connectivity index (χ4v) is 3.36. The standard InChI is InChI=1S/C16H27N3/c1-12(14-8-9-14)10-19-11-13(2)17-16(19)18-15-6-4-3-5-7-15/h11-12,14-15H,3-10H2,1-2H3,(H,17,18). The molecule has 1 N–H and O–H groups in total. The molecule has 106 valence electrons. The van der Waals surface area contributed by atoms with E-state index in [-0.39, 0.29) is 0 Å². The average Bonchev–Trinajstić information content (AvgIpc) is 3.18. The second kappa shape index (κ2) is 5.56. The number of rotatable bonds is 5. The van der Waals surface area contributed by atoms with Crippen LogP contribution in [0, 0.1) is 18.8 Å². The second-order valence-electron chi connectivity index (χ2n) is 6.65. The van der Waals surface area contributed by atoms with Crippen LogP contribution in [0.4, 0.5) is 5.95 Å². The highest BCUT2D eigenvalue weighted by Crippen LogP contribution is 2.37. The lowest BCUT2D eigenvalue weighted by Crippen LogP contribution is -2.25. The second-order valence-corrected chi connectivity index (χ2v) is 6.65. The molecular formula is C16H27N3. The molecule has 0 saturated heterocycles. The highest BCUT2D eigenvalue weighted by molar-refractivity contribution is 5.30. The average molecular weight is 261 g/mol. The molecule has 1 unspecified atom stereocenters. The minimum Gasteiger partial charge on any atom is -0.353 e. The Morgan fingerprint density at radius 1 is 1.26 bits per heavy atom. The van der Waals surface area contributed by atoms with Gasteiger partial charge in [-0.25, -0.2) is 4.98 Å². The van der Waals surface area contributed by atoms with Gasteiger partial charge in [0.2, 0.25) is 5.95 Å². The summed E-state index contributed by atoms with van der Waals surface area (Å²) in [7, 11) is 0. The summed E-state index contributed by atoms with van der Waals surface area (Å²) in [5.74, 6) is 2.86. The molecule has 3 rings (SSSR count). The predicted molar refractivity (Wildman–Crippen MR) is 79.3 cm³/mol. The first kappa shape index (κ1) is 13.0. The molecule has 0 amide bonds. The van der Waals surface area contributed by atoms with Crippen molar-refractivity contribution in [3.63, 3.8) is 0 Å². The summed E-state index contributed by atoms with van der Waals surface area (Å²) in [5, 5.41) is 3.69. The van der Waals surface area contributed by atoms with E-state index in [4.69, 9.17) is 0 Å². The SMILES string of the molecule is Cc1cn(CC(C)C2CC2)c(NC2CCCCC2)n1. The van der Waals surface area contributed by atoms with E-state index in [1.165, 1.54) is 44.9 Å². The summed E-state index contributed by atoms with van der Waals surface area (Å²) in [6.07, 6.45) is 11.8. The van der Waals surface area contributed by atoms with E-state index < -0.39 is 0 Å². The van der Waals surface area contributed by atoms with Gasteiger partial charge in [-0.2, -0.15) is 0 Å². The Balaban J connectivity index is 1.65. The lowest BCUT2D eigenvalue weighted by atomic mass is 9.96. The predicted octanol–water partition coefficient (Wildman–Crippen LogP) is 3.98. The van der Waals surface area contributed by atoms with Gasteiger partial charge in [0.25, 0.3) is 0 Å². The van der Waals surface area contributed by atoms with Gasteiger partial charge in [0.05, 0.1) is 5.69 Å². The summed E-state index contributed by atoms with van der Waals surface area (Å²) in [4.78, 5) is 4.69. The third-order valence-corrected chi connectivity index (χ3v) is 4.75. The van der Waals surface area contributed by atoms with Crippen molar-refractivity contribution in [2.45, 2.75) is 71.4 Å². The zero-order chi connectivity index (χ0) is 13.2. The minimum absolute atomic E-state index is 0.644. The quantitative estimate of drug-likeness (QED) is 0.868. The zero-order valence-corrected chi connectivity index (χ0v) is 12.4. The third kappa shape index (κ3) is 3.31. The number of imidazole rings is 1. The topological polar surface area (TPSA) is 29.9 Å². The molecule has 0 spiro atoms. The Bertz CT molecular complexity index is 414. The number of aromatic nitrogens is 2. The number of anilines is 1. The van der Waals surface area contributed by atoms with Crippen molar-refractivity contribution in [3.05, 3.63) is 11.9 Å². The van der Waals surface area contributed by atoms with Crippen LogP contribution in [0.5, 0.6) is 0 Å². The summed E-state index contributed by atoms with van der Waals surface area (Å²) in [6, 6.07) is 0.644. The van der Waals surface area contributed by atoms with E-state index in [1.807, 2.05) is 0 Å². The van der Waals surface area contributed by atoms with Gasteiger partial charge >= 0.3 is 0 Å². The maximum Gasteiger partial charge on any atom is 0.203 e. The molecule has 19 heavy (non-hydrogen) atoms. The molecule has 0 aliphatic heterocycles. The fraction of sp³-hybridized carbons (Fsp3) is 0.812. The normalized spacial score (nSPS) is 22.4. The molecule has 1 heterocycles. The van der Waals surface area contributed by atoms with Gasteiger partial charge in [-0.05, 0) is 44.4 Å². The smallest absolute Gasteiger partial charge is 0.203 e. The van der Waals surface area contributed by atoms with Crippen molar-refractivity contribution in [3.8, 4) is 0 Å². The summed E-state index contributed by atoms with van der Waals surface area (Å²) in [5.41, 5.74) is 1.14. The Morgan fingerprint density at radius 3 is 2.68 bits per heavy atom. The molecule has 2 saturated carbocycles. The van der Waals surface area contributed by atoms with E-state index in [9.17, 15) is 0 Å². The van der Waals surface area contributed by atoms with Crippen molar-refractivity contribution in [2.24, 2.45) is 11.8 Å². The number of aryl methyl sites for hydroxylation is 1. The molecule has 2 aliphatic rings. The van der Waals surface area contributed by atoms with Gasteiger partial charge in [0.15, 0.2) is 0 Å². The van der Waals surface area contributed by atoms with Crippen LogP contribution in [-0.2, 0) is 6.54 Å². The van der Waals surface area contributed by atoms with Crippen LogP contribution < -0.4 is 5.32 Å². The molecule has 3 nitrogen and oxygen atoms in total. The maximum atomic E-state index is 4.69. The van der Waals surface area contributed by atoms with Crippen molar-refractivity contribution < 1.29 is 0 Å². The summed E-state index contributed by atoms with van der Waals surface area (Å²) in [6.45, 7) is 5.61.